The third kappa shape index (κ3) is 2.57. The summed E-state index contributed by atoms with van der Waals surface area (Å²) in [5.74, 6) is 0.106. The molecule has 1 amide bonds. The average molecular weight is 321 g/mol. The van der Waals surface area contributed by atoms with Gasteiger partial charge in [0, 0.05) is 17.0 Å². The summed E-state index contributed by atoms with van der Waals surface area (Å²) in [6, 6.07) is 10.2. The number of amides is 1. The SMILES string of the molecule is Cc1cc(C)c(/C=C2\C(=O)N(CN3CCCC3)c3ccccc32)[nH]1. The van der Waals surface area contributed by atoms with E-state index in [4.69, 9.17) is 0 Å². The lowest BCUT2D eigenvalue weighted by molar-refractivity contribution is -0.113. The van der Waals surface area contributed by atoms with Crippen molar-refractivity contribution in [2.45, 2.75) is 26.7 Å². The molecular formula is C20H23N3O. The van der Waals surface area contributed by atoms with E-state index in [9.17, 15) is 4.79 Å². The zero-order valence-corrected chi connectivity index (χ0v) is 14.3. The van der Waals surface area contributed by atoms with E-state index in [0.29, 0.717) is 6.67 Å². The number of anilines is 1. The van der Waals surface area contributed by atoms with Crippen molar-refractivity contribution in [1.29, 1.82) is 0 Å². The lowest BCUT2D eigenvalue weighted by Crippen LogP contribution is -2.38. The number of nitrogens with one attached hydrogen (secondary N) is 1. The second kappa shape index (κ2) is 5.95. The Balaban J connectivity index is 1.73. The molecule has 0 atom stereocenters. The molecule has 1 aromatic carbocycles. The van der Waals surface area contributed by atoms with Crippen LogP contribution in [0.25, 0.3) is 11.6 Å². The molecule has 1 saturated heterocycles. The molecular weight excluding hydrogens is 298 g/mol. The number of hydrogen-bond acceptors (Lipinski definition) is 2. The Hall–Kier alpha value is -2.33. The van der Waals surface area contributed by atoms with Gasteiger partial charge in [-0.3, -0.25) is 14.6 Å². The zero-order valence-electron chi connectivity index (χ0n) is 14.3. The highest BCUT2D eigenvalue weighted by Crippen LogP contribution is 2.38. The Morgan fingerprint density at radius 1 is 1.17 bits per heavy atom. The number of carbonyl (C=O) groups excluding carboxylic acids is 1. The number of hydrogen-bond donors (Lipinski definition) is 1. The van der Waals surface area contributed by atoms with Gasteiger partial charge in [0.2, 0.25) is 0 Å². The number of aromatic nitrogens is 1. The van der Waals surface area contributed by atoms with E-state index in [0.717, 1.165) is 41.3 Å². The molecule has 1 N–H and O–H groups in total. The summed E-state index contributed by atoms with van der Waals surface area (Å²) < 4.78 is 0. The van der Waals surface area contributed by atoms with E-state index in [1.807, 2.05) is 36.1 Å². The van der Waals surface area contributed by atoms with Crippen molar-refractivity contribution < 1.29 is 4.79 Å². The topological polar surface area (TPSA) is 39.3 Å². The number of H-pyrrole nitrogens is 1. The first-order valence-corrected chi connectivity index (χ1v) is 8.65. The Bertz CT molecular complexity index is 812. The summed E-state index contributed by atoms with van der Waals surface area (Å²) >= 11 is 0. The highest BCUT2D eigenvalue weighted by molar-refractivity contribution is 6.35. The van der Waals surface area contributed by atoms with Crippen LogP contribution < -0.4 is 4.90 Å². The Labute approximate surface area is 142 Å². The fraction of sp³-hybridized carbons (Fsp3) is 0.350. The van der Waals surface area contributed by atoms with Gasteiger partial charge in [-0.2, -0.15) is 0 Å². The van der Waals surface area contributed by atoms with Crippen LogP contribution in [0.2, 0.25) is 0 Å². The molecule has 0 radical (unpaired) electrons. The predicted octanol–water partition coefficient (Wildman–Crippen LogP) is 3.57. The molecule has 124 valence electrons. The highest BCUT2D eigenvalue weighted by atomic mass is 16.2. The third-order valence-corrected chi connectivity index (χ3v) is 4.98. The zero-order chi connectivity index (χ0) is 16.7. The molecule has 1 aromatic heterocycles. The lowest BCUT2D eigenvalue weighted by atomic mass is 10.1. The number of benzene rings is 1. The number of nitrogens with zero attached hydrogens (tertiary/aromatic N) is 2. The fourth-order valence-electron chi connectivity index (χ4n) is 3.75. The number of rotatable bonds is 3. The average Bonchev–Trinajstić information content (AvgIpc) is 3.24. The fourth-order valence-corrected chi connectivity index (χ4v) is 3.75. The van der Waals surface area contributed by atoms with E-state index in [1.54, 1.807) is 0 Å². The van der Waals surface area contributed by atoms with Gasteiger partial charge >= 0.3 is 0 Å². The Morgan fingerprint density at radius 3 is 2.62 bits per heavy atom. The number of para-hydroxylation sites is 1. The monoisotopic (exact) mass is 321 g/mol. The first-order valence-electron chi connectivity index (χ1n) is 8.65. The molecule has 0 saturated carbocycles. The van der Waals surface area contributed by atoms with Crippen LogP contribution >= 0.6 is 0 Å². The second-order valence-corrected chi connectivity index (χ2v) is 6.82. The normalized spacial score (nSPS) is 19.5. The minimum absolute atomic E-state index is 0.106. The molecule has 2 aliphatic rings. The lowest BCUT2D eigenvalue weighted by Gasteiger charge is -2.24. The summed E-state index contributed by atoms with van der Waals surface area (Å²) in [6.45, 7) is 6.97. The summed E-state index contributed by atoms with van der Waals surface area (Å²) in [7, 11) is 0. The number of likely N-dealkylation sites (tertiary alicyclic amines) is 1. The van der Waals surface area contributed by atoms with Crippen LogP contribution in [0.4, 0.5) is 5.69 Å². The van der Waals surface area contributed by atoms with Crippen LogP contribution in [0.15, 0.2) is 30.3 Å². The van der Waals surface area contributed by atoms with Crippen LogP contribution in [0.5, 0.6) is 0 Å². The number of carbonyl (C=O) groups is 1. The van der Waals surface area contributed by atoms with Gasteiger partial charge in [0.05, 0.1) is 17.9 Å². The summed E-state index contributed by atoms with van der Waals surface area (Å²) in [5.41, 5.74) is 6.16. The maximum atomic E-state index is 13.1. The molecule has 24 heavy (non-hydrogen) atoms. The van der Waals surface area contributed by atoms with E-state index >= 15 is 0 Å². The van der Waals surface area contributed by atoms with Crippen LogP contribution in [0.3, 0.4) is 0 Å². The smallest absolute Gasteiger partial charge is 0.260 e. The third-order valence-electron chi connectivity index (χ3n) is 4.98. The summed E-state index contributed by atoms with van der Waals surface area (Å²) in [5, 5.41) is 0. The minimum atomic E-state index is 0.106. The maximum Gasteiger partial charge on any atom is 0.260 e. The van der Waals surface area contributed by atoms with Gasteiger partial charge in [-0.1, -0.05) is 18.2 Å². The first-order chi connectivity index (χ1) is 11.6. The standard InChI is InChI=1S/C20H23N3O/c1-14-11-15(2)21-18(14)12-17-16-7-3-4-8-19(16)23(20(17)24)13-22-9-5-6-10-22/h3-4,7-8,11-12,21H,5-6,9-10,13H2,1-2H3/b17-12-. The maximum absolute atomic E-state index is 13.1. The van der Waals surface area contributed by atoms with E-state index in [2.05, 4.69) is 28.9 Å². The predicted molar refractivity (Wildman–Crippen MR) is 97.7 cm³/mol. The van der Waals surface area contributed by atoms with E-state index in [-0.39, 0.29) is 5.91 Å². The van der Waals surface area contributed by atoms with Gasteiger partial charge in [-0.05, 0) is 63.6 Å². The van der Waals surface area contributed by atoms with Crippen molar-refractivity contribution in [3.63, 3.8) is 0 Å². The van der Waals surface area contributed by atoms with Gasteiger partial charge in [0.15, 0.2) is 0 Å². The molecule has 1 fully saturated rings. The largest absolute Gasteiger partial charge is 0.359 e. The quantitative estimate of drug-likeness (QED) is 0.878. The molecule has 0 spiro atoms. The van der Waals surface area contributed by atoms with Crippen molar-refractivity contribution >= 4 is 23.2 Å². The summed E-state index contributed by atoms with van der Waals surface area (Å²) in [4.78, 5) is 20.7. The number of aryl methyl sites for hydroxylation is 2. The summed E-state index contributed by atoms with van der Waals surface area (Å²) in [6.07, 6.45) is 4.47. The number of aromatic amines is 1. The second-order valence-electron chi connectivity index (χ2n) is 6.82. The minimum Gasteiger partial charge on any atom is -0.359 e. The van der Waals surface area contributed by atoms with Crippen molar-refractivity contribution in [3.05, 3.63) is 52.8 Å². The highest BCUT2D eigenvalue weighted by Gasteiger charge is 2.33. The molecule has 3 heterocycles. The van der Waals surface area contributed by atoms with Gasteiger partial charge in [-0.25, -0.2) is 0 Å². The Kier molecular flexibility index (Phi) is 3.77. The molecule has 2 aromatic rings. The van der Waals surface area contributed by atoms with Crippen molar-refractivity contribution in [2.24, 2.45) is 0 Å². The van der Waals surface area contributed by atoms with Gasteiger partial charge in [0.25, 0.3) is 5.91 Å². The molecule has 0 unspecified atom stereocenters. The molecule has 4 rings (SSSR count). The van der Waals surface area contributed by atoms with Gasteiger partial charge in [0.1, 0.15) is 0 Å². The van der Waals surface area contributed by atoms with Crippen molar-refractivity contribution in [1.82, 2.24) is 9.88 Å². The van der Waals surface area contributed by atoms with Crippen molar-refractivity contribution in [3.8, 4) is 0 Å². The van der Waals surface area contributed by atoms with Crippen LogP contribution in [0.1, 0.15) is 35.4 Å². The van der Waals surface area contributed by atoms with E-state index in [1.165, 1.54) is 18.4 Å². The first kappa shape index (κ1) is 15.2. The number of fused-ring (bicyclic) bond motifs is 1. The van der Waals surface area contributed by atoms with Gasteiger partial charge in [-0.15, -0.1) is 0 Å². The molecule has 0 aliphatic carbocycles. The molecule has 4 nitrogen and oxygen atoms in total. The van der Waals surface area contributed by atoms with Crippen LogP contribution in [0, 0.1) is 13.8 Å². The van der Waals surface area contributed by atoms with E-state index < -0.39 is 0 Å². The van der Waals surface area contributed by atoms with Gasteiger partial charge < -0.3 is 4.98 Å². The Morgan fingerprint density at radius 2 is 1.92 bits per heavy atom. The molecule has 0 bridgehead atoms. The van der Waals surface area contributed by atoms with Crippen LogP contribution in [-0.4, -0.2) is 35.5 Å². The molecule has 4 heteroatoms. The van der Waals surface area contributed by atoms with Crippen molar-refractivity contribution in [2.75, 3.05) is 24.7 Å². The van der Waals surface area contributed by atoms with Crippen LogP contribution in [-0.2, 0) is 4.79 Å². The molecule has 2 aliphatic heterocycles.